The molecule has 1 aliphatic rings. The van der Waals surface area contributed by atoms with Gasteiger partial charge in [0, 0.05) is 5.92 Å². The summed E-state index contributed by atoms with van der Waals surface area (Å²) in [5.41, 5.74) is 8.17. The number of urea groups is 1. The Morgan fingerprint density at radius 1 is 1.08 bits per heavy atom. The van der Waals surface area contributed by atoms with E-state index in [2.05, 4.69) is 10.2 Å². The highest BCUT2D eigenvalue weighted by atomic mass is 16.5. The third-order valence-electron chi connectivity index (χ3n) is 4.21. The molecule has 2 amide bonds. The van der Waals surface area contributed by atoms with Crippen LogP contribution in [0.5, 0.6) is 5.75 Å². The average molecular weight is 350 g/mol. The van der Waals surface area contributed by atoms with Crippen LogP contribution in [0.25, 0.3) is 0 Å². The summed E-state index contributed by atoms with van der Waals surface area (Å²) in [4.78, 5) is 13.3. The molecule has 0 unspecified atom stereocenters. The summed E-state index contributed by atoms with van der Waals surface area (Å²) in [6.07, 6.45) is 2.22. The van der Waals surface area contributed by atoms with Crippen molar-refractivity contribution in [2.75, 3.05) is 12.0 Å². The quantitative estimate of drug-likeness (QED) is 0.505. The standard InChI is InChI=1S/C20H22N4O2/c1-14(24(20(21)25)17-10-12-18(26-2)13-11-17)22-23-19(16-8-9-16)15-6-4-3-5-7-15/h3-7,10-13,16H,8-9H2,1-2H3,(H2,21,25)/b22-14+,23-19-. The van der Waals surface area contributed by atoms with Gasteiger partial charge in [-0.25, -0.2) is 9.69 Å². The van der Waals surface area contributed by atoms with E-state index in [1.165, 1.54) is 4.90 Å². The Bertz CT molecular complexity index is 825. The number of carbonyl (C=O) groups excluding carboxylic acids is 1. The smallest absolute Gasteiger partial charge is 0.324 e. The lowest BCUT2D eigenvalue weighted by molar-refractivity contribution is 0.256. The van der Waals surface area contributed by atoms with Crippen molar-refractivity contribution in [3.05, 3.63) is 60.2 Å². The highest BCUT2D eigenvalue weighted by molar-refractivity contribution is 6.15. The molecule has 0 radical (unpaired) electrons. The first-order chi connectivity index (χ1) is 12.6. The van der Waals surface area contributed by atoms with Crippen LogP contribution >= 0.6 is 0 Å². The average Bonchev–Trinajstić information content (AvgIpc) is 3.48. The molecule has 6 heteroatoms. The summed E-state index contributed by atoms with van der Waals surface area (Å²) in [5, 5.41) is 8.75. The lowest BCUT2D eigenvalue weighted by Crippen LogP contribution is -2.39. The van der Waals surface area contributed by atoms with Gasteiger partial charge in [-0.2, -0.15) is 5.10 Å². The second-order valence-corrected chi connectivity index (χ2v) is 6.14. The predicted molar refractivity (Wildman–Crippen MR) is 104 cm³/mol. The molecule has 26 heavy (non-hydrogen) atoms. The third kappa shape index (κ3) is 4.08. The normalized spacial score (nSPS) is 14.8. The molecule has 6 nitrogen and oxygen atoms in total. The van der Waals surface area contributed by atoms with Gasteiger partial charge in [-0.15, -0.1) is 5.10 Å². The first-order valence-corrected chi connectivity index (χ1v) is 8.51. The van der Waals surface area contributed by atoms with Gasteiger partial charge >= 0.3 is 6.03 Å². The molecule has 0 spiro atoms. The molecule has 0 aromatic heterocycles. The summed E-state index contributed by atoms with van der Waals surface area (Å²) in [6, 6.07) is 16.4. The van der Waals surface area contributed by atoms with Crippen molar-refractivity contribution in [2.45, 2.75) is 19.8 Å². The van der Waals surface area contributed by atoms with Gasteiger partial charge in [-0.3, -0.25) is 0 Å². The number of primary amides is 1. The van der Waals surface area contributed by atoms with Gasteiger partial charge in [0.2, 0.25) is 0 Å². The number of amides is 2. The van der Waals surface area contributed by atoms with Crippen LogP contribution in [-0.4, -0.2) is 24.7 Å². The number of anilines is 1. The number of ether oxygens (including phenoxy) is 1. The predicted octanol–water partition coefficient (Wildman–Crippen LogP) is 3.81. The molecule has 2 aromatic carbocycles. The van der Waals surface area contributed by atoms with Crippen LogP contribution in [-0.2, 0) is 0 Å². The van der Waals surface area contributed by atoms with Crippen LogP contribution in [0.1, 0.15) is 25.3 Å². The molecule has 1 aliphatic carbocycles. The van der Waals surface area contributed by atoms with E-state index in [-0.39, 0.29) is 0 Å². The first kappa shape index (κ1) is 17.7. The fraction of sp³-hybridized carbons (Fsp3) is 0.250. The van der Waals surface area contributed by atoms with Gasteiger partial charge in [-0.05, 0) is 49.6 Å². The lowest BCUT2D eigenvalue weighted by Gasteiger charge is -2.19. The van der Waals surface area contributed by atoms with Crippen molar-refractivity contribution in [3.63, 3.8) is 0 Å². The maximum Gasteiger partial charge on any atom is 0.324 e. The van der Waals surface area contributed by atoms with Gasteiger partial charge in [0.05, 0.1) is 18.5 Å². The summed E-state index contributed by atoms with van der Waals surface area (Å²) in [5.74, 6) is 1.54. The largest absolute Gasteiger partial charge is 0.497 e. The Morgan fingerprint density at radius 3 is 2.27 bits per heavy atom. The van der Waals surface area contributed by atoms with E-state index in [9.17, 15) is 4.79 Å². The van der Waals surface area contributed by atoms with Crippen LogP contribution in [0.2, 0.25) is 0 Å². The maximum atomic E-state index is 11.9. The highest BCUT2D eigenvalue weighted by Gasteiger charge is 2.28. The van der Waals surface area contributed by atoms with E-state index in [1.807, 2.05) is 30.3 Å². The van der Waals surface area contributed by atoms with Crippen molar-refractivity contribution in [1.82, 2.24) is 0 Å². The topological polar surface area (TPSA) is 80.3 Å². The number of nitrogens with two attached hydrogens (primary N) is 1. The molecular formula is C20H22N4O2. The molecule has 2 aromatic rings. The zero-order valence-electron chi connectivity index (χ0n) is 14.9. The zero-order valence-corrected chi connectivity index (χ0v) is 14.9. The summed E-state index contributed by atoms with van der Waals surface area (Å²) < 4.78 is 5.14. The van der Waals surface area contributed by atoms with Crippen LogP contribution in [0, 0.1) is 5.92 Å². The van der Waals surface area contributed by atoms with Gasteiger partial charge in [0.1, 0.15) is 11.6 Å². The van der Waals surface area contributed by atoms with E-state index >= 15 is 0 Å². The molecule has 1 saturated carbocycles. The molecule has 0 heterocycles. The van der Waals surface area contributed by atoms with E-state index in [4.69, 9.17) is 10.5 Å². The van der Waals surface area contributed by atoms with Crippen molar-refractivity contribution in [2.24, 2.45) is 21.9 Å². The van der Waals surface area contributed by atoms with E-state index in [0.717, 1.165) is 24.1 Å². The SMILES string of the molecule is COc1ccc(N(C(N)=O)/C(C)=N/N=C(/c2ccccc2)C2CC2)cc1. The van der Waals surface area contributed by atoms with Crippen molar-refractivity contribution >= 4 is 23.3 Å². The molecule has 0 saturated heterocycles. The molecule has 134 valence electrons. The highest BCUT2D eigenvalue weighted by Crippen LogP contribution is 2.33. The second-order valence-electron chi connectivity index (χ2n) is 6.14. The molecule has 0 atom stereocenters. The number of rotatable bonds is 5. The third-order valence-corrected chi connectivity index (χ3v) is 4.21. The van der Waals surface area contributed by atoms with Crippen molar-refractivity contribution in [1.29, 1.82) is 0 Å². The van der Waals surface area contributed by atoms with E-state index in [1.54, 1.807) is 38.3 Å². The second kappa shape index (κ2) is 7.82. The number of hydrogen-bond donors (Lipinski definition) is 1. The van der Waals surface area contributed by atoms with E-state index in [0.29, 0.717) is 23.2 Å². The Morgan fingerprint density at radius 2 is 1.73 bits per heavy atom. The molecule has 1 fully saturated rings. The van der Waals surface area contributed by atoms with Crippen LogP contribution < -0.4 is 15.4 Å². The fourth-order valence-electron chi connectivity index (χ4n) is 2.72. The van der Waals surface area contributed by atoms with Crippen molar-refractivity contribution in [3.8, 4) is 5.75 Å². The van der Waals surface area contributed by atoms with Crippen LogP contribution in [0.4, 0.5) is 10.5 Å². The Labute approximate surface area is 153 Å². The molecule has 0 aliphatic heterocycles. The number of hydrogen-bond acceptors (Lipinski definition) is 4. The monoisotopic (exact) mass is 350 g/mol. The summed E-state index contributed by atoms with van der Waals surface area (Å²) in [7, 11) is 1.59. The minimum Gasteiger partial charge on any atom is -0.497 e. The molecule has 0 bridgehead atoms. The maximum absolute atomic E-state index is 11.9. The number of benzene rings is 2. The van der Waals surface area contributed by atoms with E-state index < -0.39 is 6.03 Å². The number of carbonyl (C=O) groups is 1. The Balaban J connectivity index is 1.90. The molecule has 3 rings (SSSR count). The number of amidine groups is 1. The molecular weight excluding hydrogens is 328 g/mol. The zero-order chi connectivity index (χ0) is 18.5. The van der Waals surface area contributed by atoms with Gasteiger partial charge in [0.15, 0.2) is 0 Å². The van der Waals surface area contributed by atoms with Gasteiger partial charge in [0.25, 0.3) is 0 Å². The van der Waals surface area contributed by atoms with Gasteiger partial charge in [-0.1, -0.05) is 30.3 Å². The van der Waals surface area contributed by atoms with Crippen molar-refractivity contribution < 1.29 is 9.53 Å². The Kier molecular flexibility index (Phi) is 5.31. The summed E-state index contributed by atoms with van der Waals surface area (Å²) >= 11 is 0. The number of methoxy groups -OCH3 is 1. The minimum atomic E-state index is -0.612. The van der Waals surface area contributed by atoms with Gasteiger partial charge < -0.3 is 10.5 Å². The van der Waals surface area contributed by atoms with Crippen LogP contribution in [0.3, 0.4) is 0 Å². The first-order valence-electron chi connectivity index (χ1n) is 8.51. The lowest BCUT2D eigenvalue weighted by atomic mass is 10.1. The molecule has 2 N–H and O–H groups in total. The van der Waals surface area contributed by atoms with Crippen LogP contribution in [0.15, 0.2) is 64.8 Å². The summed E-state index contributed by atoms with van der Waals surface area (Å²) in [6.45, 7) is 1.72. The minimum absolute atomic E-state index is 0.414. The fourth-order valence-corrected chi connectivity index (χ4v) is 2.72. The number of nitrogens with zero attached hydrogens (tertiary/aromatic N) is 3. The Hall–Kier alpha value is -3.15.